The van der Waals surface area contributed by atoms with Crippen molar-refractivity contribution in [2.45, 2.75) is 11.8 Å². The van der Waals surface area contributed by atoms with E-state index in [1.807, 2.05) is 24.4 Å². The molecule has 3 rings (SSSR count). The molecule has 2 nitrogen and oxygen atoms in total. The zero-order chi connectivity index (χ0) is 13.8. The number of hydrogen-bond donors (Lipinski definition) is 1. The van der Waals surface area contributed by atoms with Gasteiger partial charge in [-0.25, -0.2) is 0 Å². The fraction of sp³-hybridized carbons (Fsp3) is 0.400. The van der Waals surface area contributed by atoms with Crippen LogP contribution in [-0.2, 0) is 6.54 Å². The smallest absolute Gasteiger partial charge is 0.0761 e. The van der Waals surface area contributed by atoms with Crippen LogP contribution in [0.3, 0.4) is 0 Å². The number of fused-ring (bicyclic) bond motifs is 1. The van der Waals surface area contributed by atoms with Crippen LogP contribution in [0.5, 0.6) is 0 Å². The third-order valence-electron chi connectivity index (χ3n) is 3.37. The van der Waals surface area contributed by atoms with Gasteiger partial charge in [0, 0.05) is 52.2 Å². The van der Waals surface area contributed by atoms with Gasteiger partial charge in [0.2, 0.25) is 0 Å². The molecule has 1 atom stereocenters. The van der Waals surface area contributed by atoms with E-state index in [0.29, 0.717) is 0 Å². The number of thioether (sulfide) groups is 2. The second kappa shape index (κ2) is 7.03. The van der Waals surface area contributed by atoms with Gasteiger partial charge >= 0.3 is 0 Å². The molecular formula is C15H17ClN2S2. The Balaban J connectivity index is 1.67. The number of halogens is 1. The van der Waals surface area contributed by atoms with Gasteiger partial charge in [-0.2, -0.15) is 23.5 Å². The molecule has 2 aromatic rings. The molecule has 5 heteroatoms. The predicted molar refractivity (Wildman–Crippen MR) is 92.0 cm³/mol. The molecule has 1 aliphatic rings. The van der Waals surface area contributed by atoms with E-state index < -0.39 is 0 Å². The monoisotopic (exact) mass is 324 g/mol. The highest BCUT2D eigenvalue weighted by Gasteiger charge is 2.14. The van der Waals surface area contributed by atoms with Crippen molar-refractivity contribution in [3.8, 4) is 0 Å². The Kier molecular flexibility index (Phi) is 5.10. The first kappa shape index (κ1) is 14.5. The summed E-state index contributed by atoms with van der Waals surface area (Å²) >= 11 is 10.4. The van der Waals surface area contributed by atoms with Gasteiger partial charge < -0.3 is 5.32 Å². The van der Waals surface area contributed by atoms with Crippen LogP contribution in [0.4, 0.5) is 0 Å². The lowest BCUT2D eigenvalue weighted by atomic mass is 10.1. The van der Waals surface area contributed by atoms with Crippen molar-refractivity contribution in [2.24, 2.45) is 0 Å². The summed E-state index contributed by atoms with van der Waals surface area (Å²) in [6, 6.07) is 8.00. The lowest BCUT2D eigenvalue weighted by Crippen LogP contribution is -2.28. The van der Waals surface area contributed by atoms with Gasteiger partial charge in [0.25, 0.3) is 0 Å². The van der Waals surface area contributed by atoms with E-state index in [0.717, 1.165) is 34.3 Å². The molecule has 20 heavy (non-hydrogen) atoms. The topological polar surface area (TPSA) is 24.9 Å². The molecule has 1 fully saturated rings. The van der Waals surface area contributed by atoms with Gasteiger partial charge in [-0.1, -0.05) is 17.7 Å². The molecule has 0 aliphatic carbocycles. The average Bonchev–Trinajstić information content (AvgIpc) is 2.51. The van der Waals surface area contributed by atoms with Gasteiger partial charge in [0.15, 0.2) is 0 Å². The van der Waals surface area contributed by atoms with Crippen LogP contribution in [0.25, 0.3) is 10.9 Å². The molecule has 0 amide bonds. The number of hydrogen-bond acceptors (Lipinski definition) is 4. The largest absolute Gasteiger partial charge is 0.311 e. The van der Waals surface area contributed by atoms with Crippen LogP contribution in [0.1, 0.15) is 5.56 Å². The zero-order valence-electron chi connectivity index (χ0n) is 11.1. The lowest BCUT2D eigenvalue weighted by molar-refractivity contribution is 0.688. The van der Waals surface area contributed by atoms with Crippen molar-refractivity contribution < 1.29 is 0 Å². The van der Waals surface area contributed by atoms with Gasteiger partial charge in [-0.05, 0) is 23.8 Å². The zero-order valence-corrected chi connectivity index (χ0v) is 13.5. The van der Waals surface area contributed by atoms with Crippen molar-refractivity contribution in [3.63, 3.8) is 0 Å². The summed E-state index contributed by atoms with van der Waals surface area (Å²) in [4.78, 5) is 4.47. The van der Waals surface area contributed by atoms with Crippen LogP contribution in [0, 0.1) is 0 Å². The van der Waals surface area contributed by atoms with E-state index in [2.05, 4.69) is 39.9 Å². The number of nitrogens with zero attached hydrogens (tertiary/aromatic N) is 1. The number of pyridine rings is 1. The summed E-state index contributed by atoms with van der Waals surface area (Å²) in [7, 11) is 0. The summed E-state index contributed by atoms with van der Waals surface area (Å²) in [5.41, 5.74) is 2.23. The Morgan fingerprint density at radius 3 is 3.10 bits per heavy atom. The molecule has 1 aromatic carbocycles. The number of rotatable bonds is 4. The molecule has 1 saturated heterocycles. The van der Waals surface area contributed by atoms with Gasteiger partial charge in [-0.3, -0.25) is 4.98 Å². The minimum atomic E-state index is 0.736. The van der Waals surface area contributed by atoms with E-state index in [1.54, 1.807) is 0 Å². The third kappa shape index (κ3) is 3.42. The maximum atomic E-state index is 6.22. The summed E-state index contributed by atoms with van der Waals surface area (Å²) in [6.07, 6.45) is 1.83. The highest BCUT2D eigenvalue weighted by atomic mass is 35.5. The molecule has 1 unspecified atom stereocenters. The molecule has 1 aromatic heterocycles. The van der Waals surface area contributed by atoms with E-state index in [-0.39, 0.29) is 0 Å². The predicted octanol–water partition coefficient (Wildman–Crippen LogP) is 3.83. The normalized spacial score (nSPS) is 19.4. The minimum Gasteiger partial charge on any atom is -0.311 e. The first-order valence-corrected chi connectivity index (χ1v) is 9.35. The summed E-state index contributed by atoms with van der Waals surface area (Å²) in [6.45, 7) is 1.92. The number of nitrogens with one attached hydrogen (secondary N) is 1. The maximum Gasteiger partial charge on any atom is 0.0761 e. The Morgan fingerprint density at radius 2 is 2.25 bits per heavy atom. The van der Waals surface area contributed by atoms with Crippen molar-refractivity contribution >= 4 is 46.0 Å². The first-order chi connectivity index (χ1) is 9.84. The SMILES string of the molecule is Clc1ccc(CNCC2CSCCS2)c2ncccc12. The van der Waals surface area contributed by atoms with E-state index in [1.165, 1.54) is 22.8 Å². The van der Waals surface area contributed by atoms with Crippen molar-refractivity contribution in [1.82, 2.24) is 10.3 Å². The number of aromatic nitrogens is 1. The Labute approximate surface area is 133 Å². The standard InChI is InChI=1S/C15H17ClN2S2/c16-14-4-3-11(15-13(14)2-1-5-18-15)8-17-9-12-10-19-6-7-20-12/h1-5,12,17H,6-10H2. The number of benzene rings is 1. The quantitative estimate of drug-likeness (QED) is 0.924. The molecule has 0 saturated carbocycles. The molecule has 0 radical (unpaired) electrons. The molecule has 0 bridgehead atoms. The molecular weight excluding hydrogens is 308 g/mol. The van der Waals surface area contributed by atoms with Crippen LogP contribution >= 0.6 is 35.1 Å². The lowest BCUT2D eigenvalue weighted by Gasteiger charge is -2.21. The molecule has 2 heterocycles. The second-order valence-corrected chi connectivity index (χ2v) is 7.77. The van der Waals surface area contributed by atoms with Gasteiger partial charge in [0.05, 0.1) is 5.52 Å². The highest BCUT2D eigenvalue weighted by Crippen LogP contribution is 2.25. The van der Waals surface area contributed by atoms with Crippen LogP contribution in [-0.4, -0.2) is 34.0 Å². The fourth-order valence-corrected chi connectivity index (χ4v) is 5.22. The van der Waals surface area contributed by atoms with E-state index in [9.17, 15) is 0 Å². The maximum absolute atomic E-state index is 6.22. The van der Waals surface area contributed by atoms with Crippen LogP contribution in [0.2, 0.25) is 5.02 Å². The molecule has 0 spiro atoms. The Bertz CT molecular complexity index is 585. The third-order valence-corrected chi connectivity index (χ3v) is 6.55. The summed E-state index contributed by atoms with van der Waals surface area (Å²) in [5, 5.41) is 6.11. The molecule has 106 valence electrons. The van der Waals surface area contributed by atoms with Gasteiger partial charge in [0.1, 0.15) is 0 Å². The van der Waals surface area contributed by atoms with E-state index >= 15 is 0 Å². The first-order valence-electron chi connectivity index (χ1n) is 6.77. The fourth-order valence-electron chi connectivity index (χ4n) is 2.36. The highest BCUT2D eigenvalue weighted by molar-refractivity contribution is 8.06. The van der Waals surface area contributed by atoms with Crippen molar-refractivity contribution in [3.05, 3.63) is 41.0 Å². The second-order valence-electron chi connectivity index (χ2n) is 4.80. The minimum absolute atomic E-state index is 0.736. The summed E-state index contributed by atoms with van der Waals surface area (Å²) in [5.74, 6) is 3.84. The van der Waals surface area contributed by atoms with Crippen LogP contribution in [0.15, 0.2) is 30.5 Å². The molecule has 1 N–H and O–H groups in total. The summed E-state index contributed by atoms with van der Waals surface area (Å²) < 4.78 is 0. The van der Waals surface area contributed by atoms with Gasteiger partial charge in [-0.15, -0.1) is 0 Å². The van der Waals surface area contributed by atoms with Crippen LogP contribution < -0.4 is 5.32 Å². The Morgan fingerprint density at radius 1 is 1.30 bits per heavy atom. The van der Waals surface area contributed by atoms with E-state index in [4.69, 9.17) is 11.6 Å². The average molecular weight is 325 g/mol. The molecule has 1 aliphatic heterocycles. The van der Waals surface area contributed by atoms with Crippen molar-refractivity contribution in [1.29, 1.82) is 0 Å². The Hall–Kier alpha value is -0.420. The van der Waals surface area contributed by atoms with Crippen molar-refractivity contribution in [2.75, 3.05) is 23.8 Å².